The molecule has 0 saturated carbocycles. The van der Waals surface area contributed by atoms with Crippen molar-refractivity contribution in [2.45, 2.75) is 84.0 Å². The van der Waals surface area contributed by atoms with Gasteiger partial charge in [0.2, 0.25) is 0 Å². The number of carbonyl (C=O) groups excluding carboxylic acids is 2. The number of carboxylic acid groups (broad SMARTS) is 1. The molecule has 0 fully saturated rings. The first-order chi connectivity index (χ1) is 10.7. The molecule has 0 rings (SSSR count). The summed E-state index contributed by atoms with van der Waals surface area (Å²) in [6.45, 7) is 2.60. The molecule has 0 aliphatic heterocycles. The largest absolute Gasteiger partial charge is 1.00 e. The molecule has 23 heavy (non-hydrogen) atoms. The molecule has 129 valence electrons. The first kappa shape index (κ1) is 24.7. The summed E-state index contributed by atoms with van der Waals surface area (Å²) in [5.74, 6) is -2.01. The van der Waals surface area contributed by atoms with Gasteiger partial charge in [0.25, 0.3) is 0 Å². The summed E-state index contributed by atoms with van der Waals surface area (Å²) in [5.41, 5.74) is 0. The minimum Gasteiger partial charge on any atom is -0.545 e. The van der Waals surface area contributed by atoms with Crippen LogP contribution in [0.5, 0.6) is 0 Å². The molecule has 0 N–H and O–H groups in total. The molecule has 0 unspecified atom stereocenters. The molecule has 0 amide bonds. The molecule has 0 aromatic carbocycles. The maximum atomic E-state index is 11.0. The van der Waals surface area contributed by atoms with Gasteiger partial charge in [0.1, 0.15) is 0 Å². The number of ether oxygens (including phenoxy) is 1. The first-order valence-electron chi connectivity index (χ1n) is 8.72. The van der Waals surface area contributed by atoms with Gasteiger partial charge >= 0.3 is 29.0 Å². The molecule has 5 heteroatoms. The normalized spacial score (nSPS) is 10.5. The summed E-state index contributed by atoms with van der Waals surface area (Å²) in [5, 5.41) is 10.1. The molecule has 0 heterocycles. The molecule has 0 atom stereocenters. The Morgan fingerprint density at radius 3 is 1.65 bits per heavy atom. The molecule has 0 aromatic heterocycles. The summed E-state index contributed by atoms with van der Waals surface area (Å²) in [6, 6.07) is 0. The predicted octanol–water partition coefficient (Wildman–Crippen LogP) is 3.16. The van der Waals surface area contributed by atoms with Crippen molar-refractivity contribution in [3.63, 3.8) is 0 Å². The number of rotatable bonds is 15. The number of hydrogen-bond acceptors (Lipinski definition) is 4. The molecular weight excluding hydrogens is 304 g/mol. The van der Waals surface area contributed by atoms with Crippen molar-refractivity contribution in [2.24, 2.45) is 0 Å². The zero-order chi connectivity index (χ0) is 16.5. The minimum absolute atomic E-state index is 0. The number of aliphatic carboxylic acids is 1. The van der Waals surface area contributed by atoms with Crippen molar-refractivity contribution < 1.29 is 19.4 Å². The van der Waals surface area contributed by atoms with Crippen LogP contribution in [0.4, 0.5) is 0 Å². The fourth-order valence-corrected chi connectivity index (χ4v) is 2.30. The van der Waals surface area contributed by atoms with Crippen LogP contribution in [0.2, 0.25) is 0 Å². The Kier molecular flexibility index (Phi) is 20.9. The third kappa shape index (κ3) is 21.4. The number of hydrogen-bond donors (Lipinski definition) is 0. The number of esters is 1. The quantitative estimate of drug-likeness (QED) is 0.199. The molecule has 0 aliphatic rings. The zero-order valence-electron chi connectivity index (χ0n) is 14.7. The van der Waals surface area contributed by atoms with Crippen LogP contribution < -0.4 is 5.11 Å². The average Bonchev–Trinajstić information content (AvgIpc) is 2.49. The van der Waals surface area contributed by atoms with Gasteiger partial charge in [-0.3, -0.25) is 0 Å². The van der Waals surface area contributed by atoms with Crippen LogP contribution in [0, 0.1) is 0 Å². The van der Waals surface area contributed by atoms with E-state index in [0.717, 1.165) is 18.9 Å². The van der Waals surface area contributed by atoms with Crippen molar-refractivity contribution in [1.29, 1.82) is 0 Å². The van der Waals surface area contributed by atoms with Crippen molar-refractivity contribution in [3.8, 4) is 0 Å². The Labute approximate surface area is 157 Å². The Balaban J connectivity index is 0. The van der Waals surface area contributed by atoms with Crippen LogP contribution in [0.3, 0.4) is 0 Å². The monoisotopic (exact) mass is 335 g/mol. The smallest absolute Gasteiger partial charge is 0.545 e. The molecule has 4 nitrogen and oxygen atoms in total. The van der Waals surface area contributed by atoms with Crippen molar-refractivity contribution >= 4 is 35.0 Å². The van der Waals surface area contributed by atoms with Crippen LogP contribution in [0.25, 0.3) is 0 Å². The topological polar surface area (TPSA) is 66.4 Å². The third-order valence-corrected chi connectivity index (χ3v) is 3.60. The van der Waals surface area contributed by atoms with Gasteiger partial charge in [0.05, 0.1) is 12.6 Å². The van der Waals surface area contributed by atoms with E-state index in [-0.39, 0.29) is 23.1 Å². The van der Waals surface area contributed by atoms with Crippen molar-refractivity contribution in [1.82, 2.24) is 0 Å². The minimum atomic E-state index is -1.39. The SMILES string of the molecule is CCCCCCCCCCCCCCOC(=O)C=CC(=O)[O-].[Mg+]. The predicted molar refractivity (Wildman–Crippen MR) is 91.9 cm³/mol. The van der Waals surface area contributed by atoms with Crippen LogP contribution in [-0.4, -0.2) is 41.6 Å². The Morgan fingerprint density at radius 2 is 1.22 bits per heavy atom. The summed E-state index contributed by atoms with van der Waals surface area (Å²) in [4.78, 5) is 21.1. The fraction of sp³-hybridized carbons (Fsp3) is 0.778. The molecule has 1 radical (unpaired) electrons. The maximum Gasteiger partial charge on any atom is 1.00 e. The van der Waals surface area contributed by atoms with E-state index in [0.29, 0.717) is 12.7 Å². The summed E-state index contributed by atoms with van der Waals surface area (Å²) in [7, 11) is 0. The maximum absolute atomic E-state index is 11.0. The van der Waals surface area contributed by atoms with Gasteiger partial charge in [-0.1, -0.05) is 77.6 Å². The van der Waals surface area contributed by atoms with Gasteiger partial charge in [0.15, 0.2) is 0 Å². The van der Waals surface area contributed by atoms with E-state index in [2.05, 4.69) is 6.92 Å². The van der Waals surface area contributed by atoms with Gasteiger partial charge < -0.3 is 14.6 Å². The van der Waals surface area contributed by atoms with Crippen LogP contribution in [0.1, 0.15) is 84.0 Å². The van der Waals surface area contributed by atoms with E-state index in [9.17, 15) is 14.7 Å². The van der Waals surface area contributed by atoms with Gasteiger partial charge in [-0.25, -0.2) is 4.79 Å². The van der Waals surface area contributed by atoms with E-state index < -0.39 is 11.9 Å². The number of carboxylic acids is 1. The standard InChI is InChI=1S/C18H32O4.Mg/c1-2-3-4-5-6-7-8-9-10-11-12-13-16-22-18(21)15-14-17(19)20;/h14-15H,2-13,16H2,1H3,(H,19,20);/q;+1/p-1. The van der Waals surface area contributed by atoms with Gasteiger partial charge in [0, 0.05) is 6.08 Å². The second-order valence-electron chi connectivity index (χ2n) is 5.71. The second-order valence-corrected chi connectivity index (χ2v) is 5.71. The molecular formula is C18H31MgO4. The van der Waals surface area contributed by atoms with Crippen molar-refractivity contribution in [3.05, 3.63) is 12.2 Å². The van der Waals surface area contributed by atoms with Crippen LogP contribution in [-0.2, 0) is 14.3 Å². The number of unbranched alkanes of at least 4 members (excludes halogenated alkanes) is 11. The van der Waals surface area contributed by atoms with Gasteiger partial charge in [-0.2, -0.15) is 0 Å². The summed E-state index contributed by atoms with van der Waals surface area (Å²) in [6.07, 6.45) is 16.7. The Bertz CT molecular complexity index is 316. The van der Waals surface area contributed by atoms with E-state index in [4.69, 9.17) is 4.74 Å². The van der Waals surface area contributed by atoms with Crippen molar-refractivity contribution in [2.75, 3.05) is 6.61 Å². The van der Waals surface area contributed by atoms with Gasteiger partial charge in [-0.15, -0.1) is 0 Å². The third-order valence-electron chi connectivity index (χ3n) is 3.60. The Morgan fingerprint density at radius 1 is 0.783 bits per heavy atom. The molecule has 0 aliphatic carbocycles. The van der Waals surface area contributed by atoms with E-state index in [1.54, 1.807) is 0 Å². The summed E-state index contributed by atoms with van der Waals surface area (Å²) < 4.78 is 4.87. The molecule has 0 spiro atoms. The molecule has 0 bridgehead atoms. The zero-order valence-corrected chi connectivity index (χ0v) is 16.1. The van der Waals surface area contributed by atoms with E-state index in [1.165, 1.54) is 64.2 Å². The molecule has 0 aromatic rings. The average molecular weight is 336 g/mol. The van der Waals surface area contributed by atoms with E-state index in [1.807, 2.05) is 0 Å². The Hall–Kier alpha value is -0.554. The fourth-order valence-electron chi connectivity index (χ4n) is 2.30. The van der Waals surface area contributed by atoms with Crippen LogP contribution >= 0.6 is 0 Å². The van der Waals surface area contributed by atoms with Crippen LogP contribution in [0.15, 0.2) is 12.2 Å². The first-order valence-corrected chi connectivity index (χ1v) is 8.72. The second kappa shape index (κ2) is 19.5. The van der Waals surface area contributed by atoms with E-state index >= 15 is 0 Å². The van der Waals surface area contributed by atoms with Gasteiger partial charge in [-0.05, 0) is 12.5 Å². The molecule has 0 saturated heterocycles. The number of carbonyl (C=O) groups is 2. The summed E-state index contributed by atoms with van der Waals surface area (Å²) >= 11 is 0.